The summed E-state index contributed by atoms with van der Waals surface area (Å²) in [6.07, 6.45) is 1.50. The van der Waals surface area contributed by atoms with Gasteiger partial charge < -0.3 is 9.64 Å². The number of nitrogens with zero attached hydrogens (tertiary/aromatic N) is 2. The van der Waals surface area contributed by atoms with Crippen molar-refractivity contribution in [1.82, 2.24) is 0 Å². The quantitative estimate of drug-likeness (QED) is 0.588. The Morgan fingerprint density at radius 2 is 2.08 bits per heavy atom. The number of anilines is 1. The van der Waals surface area contributed by atoms with Gasteiger partial charge in [0.1, 0.15) is 5.75 Å². The lowest BCUT2D eigenvalue weighted by Crippen LogP contribution is -2.38. The number of rotatable bonds is 4. The van der Waals surface area contributed by atoms with Gasteiger partial charge in [0.25, 0.3) is 11.6 Å². The summed E-state index contributed by atoms with van der Waals surface area (Å²) < 4.78 is 6.37. The molecular formula is C17H15BrN2O4. The number of amides is 1. The average Bonchev–Trinajstić information content (AvgIpc) is 2.59. The van der Waals surface area contributed by atoms with Crippen molar-refractivity contribution >= 4 is 33.2 Å². The number of fused-ring (bicyclic) bond motifs is 1. The minimum absolute atomic E-state index is 0.0486. The number of para-hydroxylation sites is 1. The van der Waals surface area contributed by atoms with Crippen molar-refractivity contribution in [2.75, 3.05) is 18.1 Å². The van der Waals surface area contributed by atoms with Crippen LogP contribution < -0.4 is 9.64 Å². The molecule has 0 fully saturated rings. The standard InChI is InChI=1S/C17H15BrN2O4/c18-14-5-1-2-6-16(14)24-11-17(21)19-9-3-4-12-10-13(20(22)23)7-8-15(12)19/h1-2,5-8,10H,3-4,9,11H2. The molecule has 0 unspecified atom stereocenters. The number of hydrogen-bond donors (Lipinski definition) is 0. The summed E-state index contributed by atoms with van der Waals surface area (Å²) >= 11 is 3.38. The molecule has 7 heteroatoms. The molecule has 6 nitrogen and oxygen atoms in total. The minimum Gasteiger partial charge on any atom is -0.483 e. The predicted molar refractivity (Wildman–Crippen MR) is 93.4 cm³/mol. The number of carbonyl (C=O) groups is 1. The second-order valence-corrected chi connectivity index (χ2v) is 6.29. The second-order valence-electron chi connectivity index (χ2n) is 5.44. The average molecular weight is 391 g/mol. The van der Waals surface area contributed by atoms with E-state index < -0.39 is 4.92 Å². The summed E-state index contributed by atoms with van der Waals surface area (Å²) in [5.41, 5.74) is 1.60. The van der Waals surface area contributed by atoms with Crippen molar-refractivity contribution in [2.24, 2.45) is 0 Å². The number of nitro benzene ring substituents is 1. The van der Waals surface area contributed by atoms with E-state index in [0.717, 1.165) is 28.6 Å². The van der Waals surface area contributed by atoms with Gasteiger partial charge >= 0.3 is 0 Å². The zero-order valence-electron chi connectivity index (χ0n) is 12.8. The van der Waals surface area contributed by atoms with Crippen molar-refractivity contribution in [3.63, 3.8) is 0 Å². The summed E-state index contributed by atoms with van der Waals surface area (Å²) in [4.78, 5) is 24.6. The molecule has 1 heterocycles. The number of hydrogen-bond acceptors (Lipinski definition) is 4. The third kappa shape index (κ3) is 3.41. The number of aryl methyl sites for hydroxylation is 1. The number of non-ortho nitro benzene ring substituents is 1. The Hall–Kier alpha value is -2.41. The van der Waals surface area contributed by atoms with Crippen LogP contribution in [-0.4, -0.2) is 24.0 Å². The van der Waals surface area contributed by atoms with Gasteiger partial charge in [0.15, 0.2) is 6.61 Å². The Labute approximate surface area is 147 Å². The molecule has 0 spiro atoms. The normalized spacial score (nSPS) is 13.3. The summed E-state index contributed by atoms with van der Waals surface area (Å²) in [7, 11) is 0. The maximum atomic E-state index is 12.5. The third-order valence-electron chi connectivity index (χ3n) is 3.88. The van der Waals surface area contributed by atoms with Gasteiger partial charge in [-0.3, -0.25) is 14.9 Å². The number of ether oxygens (including phenoxy) is 1. The molecule has 0 saturated heterocycles. The van der Waals surface area contributed by atoms with Crippen molar-refractivity contribution in [2.45, 2.75) is 12.8 Å². The van der Waals surface area contributed by atoms with E-state index in [0.29, 0.717) is 12.3 Å². The van der Waals surface area contributed by atoms with Crippen LogP contribution in [0.15, 0.2) is 46.9 Å². The number of benzene rings is 2. The van der Waals surface area contributed by atoms with Crippen molar-refractivity contribution in [1.29, 1.82) is 0 Å². The first-order chi connectivity index (χ1) is 11.6. The lowest BCUT2D eigenvalue weighted by molar-refractivity contribution is -0.384. The summed E-state index contributed by atoms with van der Waals surface area (Å²) in [5.74, 6) is 0.437. The molecular weight excluding hydrogens is 376 g/mol. The lowest BCUT2D eigenvalue weighted by Gasteiger charge is -2.29. The summed E-state index contributed by atoms with van der Waals surface area (Å²) in [6, 6.07) is 11.9. The van der Waals surface area contributed by atoms with Gasteiger partial charge in [-0.15, -0.1) is 0 Å². The maximum absolute atomic E-state index is 12.5. The summed E-state index contributed by atoms with van der Waals surface area (Å²) in [5, 5.41) is 10.9. The molecule has 0 radical (unpaired) electrons. The monoisotopic (exact) mass is 390 g/mol. The number of carbonyl (C=O) groups excluding carboxylic acids is 1. The molecule has 1 aliphatic heterocycles. The van der Waals surface area contributed by atoms with E-state index in [2.05, 4.69) is 15.9 Å². The van der Waals surface area contributed by atoms with Crippen LogP contribution in [0.2, 0.25) is 0 Å². The smallest absolute Gasteiger partial charge is 0.269 e. The van der Waals surface area contributed by atoms with E-state index in [4.69, 9.17) is 4.74 Å². The first kappa shape index (κ1) is 16.4. The van der Waals surface area contributed by atoms with Crippen LogP contribution in [0.3, 0.4) is 0 Å². The molecule has 24 heavy (non-hydrogen) atoms. The van der Waals surface area contributed by atoms with E-state index in [1.165, 1.54) is 6.07 Å². The van der Waals surface area contributed by atoms with E-state index in [9.17, 15) is 14.9 Å². The van der Waals surface area contributed by atoms with Gasteiger partial charge in [-0.1, -0.05) is 12.1 Å². The molecule has 2 aromatic rings. The highest BCUT2D eigenvalue weighted by molar-refractivity contribution is 9.10. The van der Waals surface area contributed by atoms with Crippen LogP contribution in [0.25, 0.3) is 0 Å². The van der Waals surface area contributed by atoms with E-state index in [1.807, 2.05) is 18.2 Å². The fourth-order valence-corrected chi connectivity index (χ4v) is 3.13. The zero-order chi connectivity index (χ0) is 17.1. The summed E-state index contributed by atoms with van der Waals surface area (Å²) in [6.45, 7) is 0.502. The minimum atomic E-state index is -0.420. The van der Waals surface area contributed by atoms with Gasteiger partial charge in [-0.25, -0.2) is 0 Å². The first-order valence-electron chi connectivity index (χ1n) is 7.51. The van der Waals surface area contributed by atoms with Crippen LogP contribution in [0.1, 0.15) is 12.0 Å². The highest BCUT2D eigenvalue weighted by Gasteiger charge is 2.24. The molecule has 2 aromatic carbocycles. The molecule has 0 aromatic heterocycles. The third-order valence-corrected chi connectivity index (χ3v) is 4.54. The number of halogens is 1. The van der Waals surface area contributed by atoms with Gasteiger partial charge in [0, 0.05) is 24.4 Å². The second kappa shape index (κ2) is 7.00. The van der Waals surface area contributed by atoms with Gasteiger partial charge in [0.05, 0.1) is 9.40 Å². The Bertz CT molecular complexity index is 794. The topological polar surface area (TPSA) is 72.7 Å². The van der Waals surface area contributed by atoms with Crippen molar-refractivity contribution in [3.05, 3.63) is 62.6 Å². The van der Waals surface area contributed by atoms with E-state index >= 15 is 0 Å². The molecule has 0 saturated carbocycles. The molecule has 1 amide bonds. The van der Waals surface area contributed by atoms with Crippen LogP contribution in [0.4, 0.5) is 11.4 Å². The number of nitro groups is 1. The fourth-order valence-electron chi connectivity index (χ4n) is 2.74. The zero-order valence-corrected chi connectivity index (χ0v) is 14.4. The molecule has 0 N–H and O–H groups in total. The largest absolute Gasteiger partial charge is 0.483 e. The lowest BCUT2D eigenvalue weighted by atomic mass is 10.0. The van der Waals surface area contributed by atoms with Crippen LogP contribution in [0, 0.1) is 10.1 Å². The molecule has 0 atom stereocenters. The van der Waals surface area contributed by atoms with Crippen LogP contribution in [0.5, 0.6) is 5.75 Å². The molecule has 124 valence electrons. The maximum Gasteiger partial charge on any atom is 0.269 e. The molecule has 0 bridgehead atoms. The fraction of sp³-hybridized carbons (Fsp3) is 0.235. The van der Waals surface area contributed by atoms with Crippen molar-refractivity contribution in [3.8, 4) is 5.75 Å². The van der Waals surface area contributed by atoms with E-state index in [-0.39, 0.29) is 18.2 Å². The van der Waals surface area contributed by atoms with E-state index in [1.54, 1.807) is 23.1 Å². The SMILES string of the molecule is O=C(COc1ccccc1Br)N1CCCc2cc([N+](=O)[O-])ccc21. The van der Waals surface area contributed by atoms with Crippen LogP contribution >= 0.6 is 15.9 Å². The van der Waals surface area contributed by atoms with Gasteiger partial charge in [-0.2, -0.15) is 0 Å². The van der Waals surface area contributed by atoms with Gasteiger partial charge in [0.2, 0.25) is 0 Å². The highest BCUT2D eigenvalue weighted by Crippen LogP contribution is 2.31. The Morgan fingerprint density at radius 3 is 2.83 bits per heavy atom. The first-order valence-corrected chi connectivity index (χ1v) is 8.30. The highest BCUT2D eigenvalue weighted by atomic mass is 79.9. The van der Waals surface area contributed by atoms with Crippen molar-refractivity contribution < 1.29 is 14.5 Å². The Kier molecular flexibility index (Phi) is 4.80. The molecule has 0 aliphatic carbocycles. The molecule has 1 aliphatic rings. The Balaban J connectivity index is 1.75. The van der Waals surface area contributed by atoms with Crippen LogP contribution in [-0.2, 0) is 11.2 Å². The predicted octanol–water partition coefficient (Wildman–Crippen LogP) is 3.72. The molecule has 3 rings (SSSR count). The Morgan fingerprint density at radius 1 is 1.29 bits per heavy atom. The van der Waals surface area contributed by atoms with Gasteiger partial charge in [-0.05, 0) is 52.5 Å².